The minimum atomic E-state index is -0.0657. The minimum Gasteiger partial charge on any atom is -0.352 e. The van der Waals surface area contributed by atoms with Gasteiger partial charge in [0.05, 0.1) is 16.1 Å². The SMILES string of the molecule is CCCCNC(=O)c1cn(-c2ccccc2)nc1-c1cccs1. The number of hydrogen-bond acceptors (Lipinski definition) is 3. The van der Waals surface area contributed by atoms with E-state index in [4.69, 9.17) is 0 Å². The van der Waals surface area contributed by atoms with Gasteiger partial charge in [-0.3, -0.25) is 4.79 Å². The van der Waals surface area contributed by atoms with Gasteiger partial charge in [0.1, 0.15) is 5.69 Å². The molecule has 0 saturated heterocycles. The van der Waals surface area contributed by atoms with Crippen molar-refractivity contribution in [2.45, 2.75) is 19.8 Å². The molecule has 0 aliphatic heterocycles. The third kappa shape index (κ3) is 3.51. The van der Waals surface area contributed by atoms with Crippen LogP contribution in [0.15, 0.2) is 54.0 Å². The third-order valence-electron chi connectivity index (χ3n) is 3.55. The number of carbonyl (C=O) groups is 1. The second-order valence-electron chi connectivity index (χ2n) is 5.26. The van der Waals surface area contributed by atoms with E-state index in [0.29, 0.717) is 12.1 Å². The predicted octanol–water partition coefficient (Wildman–Crippen LogP) is 4.13. The summed E-state index contributed by atoms with van der Waals surface area (Å²) < 4.78 is 1.77. The van der Waals surface area contributed by atoms with Crippen LogP contribution in [0.3, 0.4) is 0 Å². The first-order chi connectivity index (χ1) is 11.3. The molecule has 3 aromatic rings. The standard InChI is InChI=1S/C18H19N3OS/c1-2-3-11-19-18(22)15-13-21(14-8-5-4-6-9-14)20-17(15)16-10-7-12-23-16/h4-10,12-13H,2-3,11H2,1H3,(H,19,22). The van der Waals surface area contributed by atoms with Crippen LogP contribution in [0.1, 0.15) is 30.1 Å². The quantitative estimate of drug-likeness (QED) is 0.693. The van der Waals surface area contributed by atoms with E-state index in [2.05, 4.69) is 17.3 Å². The monoisotopic (exact) mass is 325 g/mol. The molecule has 0 unspecified atom stereocenters. The molecule has 0 fully saturated rings. The minimum absolute atomic E-state index is 0.0657. The average molecular weight is 325 g/mol. The van der Waals surface area contributed by atoms with Crippen molar-refractivity contribution in [3.8, 4) is 16.3 Å². The summed E-state index contributed by atoms with van der Waals surface area (Å²) in [6, 6.07) is 13.8. The number of nitrogens with zero attached hydrogens (tertiary/aromatic N) is 2. The van der Waals surface area contributed by atoms with Crippen LogP contribution in [0.25, 0.3) is 16.3 Å². The highest BCUT2D eigenvalue weighted by atomic mass is 32.1. The summed E-state index contributed by atoms with van der Waals surface area (Å²) in [5, 5.41) is 9.61. The maximum atomic E-state index is 12.5. The number of rotatable bonds is 6. The zero-order chi connectivity index (χ0) is 16.1. The van der Waals surface area contributed by atoms with Crippen LogP contribution >= 0.6 is 11.3 Å². The third-order valence-corrected chi connectivity index (χ3v) is 4.43. The summed E-state index contributed by atoms with van der Waals surface area (Å²) in [5.41, 5.74) is 2.29. The Balaban J connectivity index is 1.96. The van der Waals surface area contributed by atoms with Gasteiger partial charge in [-0.2, -0.15) is 5.10 Å². The maximum absolute atomic E-state index is 12.5. The van der Waals surface area contributed by atoms with Gasteiger partial charge >= 0.3 is 0 Å². The van der Waals surface area contributed by atoms with Gasteiger partial charge in [-0.25, -0.2) is 4.68 Å². The average Bonchev–Trinajstić information content (AvgIpc) is 3.25. The van der Waals surface area contributed by atoms with E-state index in [1.165, 1.54) is 0 Å². The molecule has 2 heterocycles. The highest BCUT2D eigenvalue weighted by molar-refractivity contribution is 7.13. The molecule has 0 atom stereocenters. The Morgan fingerprint density at radius 1 is 1.22 bits per heavy atom. The lowest BCUT2D eigenvalue weighted by molar-refractivity contribution is 0.0954. The van der Waals surface area contributed by atoms with Crippen molar-refractivity contribution >= 4 is 17.2 Å². The number of aromatic nitrogens is 2. The summed E-state index contributed by atoms with van der Waals surface area (Å²) in [4.78, 5) is 13.5. The molecule has 1 amide bonds. The summed E-state index contributed by atoms with van der Waals surface area (Å²) >= 11 is 1.59. The number of hydrogen-bond donors (Lipinski definition) is 1. The van der Waals surface area contributed by atoms with Crippen LogP contribution in [-0.2, 0) is 0 Å². The largest absolute Gasteiger partial charge is 0.352 e. The fourth-order valence-corrected chi connectivity index (χ4v) is 3.05. The van der Waals surface area contributed by atoms with Gasteiger partial charge in [0.2, 0.25) is 0 Å². The van der Waals surface area contributed by atoms with Crippen molar-refractivity contribution in [1.29, 1.82) is 0 Å². The van der Waals surface area contributed by atoms with E-state index in [9.17, 15) is 4.79 Å². The van der Waals surface area contributed by atoms with Gasteiger partial charge in [-0.05, 0) is 30.0 Å². The van der Waals surface area contributed by atoms with Gasteiger partial charge in [-0.1, -0.05) is 37.6 Å². The fourth-order valence-electron chi connectivity index (χ4n) is 2.32. The molecule has 0 saturated carbocycles. The zero-order valence-corrected chi connectivity index (χ0v) is 13.8. The van der Waals surface area contributed by atoms with Gasteiger partial charge in [-0.15, -0.1) is 11.3 Å². The van der Waals surface area contributed by atoms with Gasteiger partial charge in [0.15, 0.2) is 0 Å². The molecule has 3 rings (SSSR count). The Hall–Kier alpha value is -2.40. The van der Waals surface area contributed by atoms with E-state index >= 15 is 0 Å². The van der Waals surface area contributed by atoms with Crippen molar-refractivity contribution in [2.75, 3.05) is 6.54 Å². The molecule has 0 radical (unpaired) electrons. The summed E-state index contributed by atoms with van der Waals surface area (Å²) in [5.74, 6) is -0.0657. The zero-order valence-electron chi connectivity index (χ0n) is 13.0. The first-order valence-electron chi connectivity index (χ1n) is 7.76. The number of unbranched alkanes of at least 4 members (excludes halogenated alkanes) is 1. The molecule has 1 N–H and O–H groups in total. The molecule has 1 aromatic carbocycles. The van der Waals surface area contributed by atoms with E-state index in [1.54, 1.807) is 16.0 Å². The first-order valence-corrected chi connectivity index (χ1v) is 8.64. The lowest BCUT2D eigenvalue weighted by Gasteiger charge is -2.03. The van der Waals surface area contributed by atoms with Crippen LogP contribution in [0.5, 0.6) is 0 Å². The molecule has 118 valence electrons. The number of nitrogens with one attached hydrogen (secondary N) is 1. The molecule has 0 spiro atoms. The van der Waals surface area contributed by atoms with E-state index in [0.717, 1.165) is 29.1 Å². The van der Waals surface area contributed by atoms with Crippen LogP contribution in [0, 0.1) is 0 Å². The Morgan fingerprint density at radius 3 is 2.74 bits per heavy atom. The molecule has 4 nitrogen and oxygen atoms in total. The van der Waals surface area contributed by atoms with Crippen LogP contribution < -0.4 is 5.32 Å². The molecule has 2 aromatic heterocycles. The van der Waals surface area contributed by atoms with Crippen molar-refractivity contribution in [3.63, 3.8) is 0 Å². The Kier molecular flexibility index (Phi) is 4.88. The van der Waals surface area contributed by atoms with E-state index in [-0.39, 0.29) is 5.91 Å². The Labute approximate surface area is 139 Å². The smallest absolute Gasteiger partial charge is 0.255 e. The number of carbonyl (C=O) groups excluding carboxylic acids is 1. The second kappa shape index (κ2) is 7.24. The van der Waals surface area contributed by atoms with E-state index < -0.39 is 0 Å². The highest BCUT2D eigenvalue weighted by Gasteiger charge is 2.18. The summed E-state index contributed by atoms with van der Waals surface area (Å²) in [6.07, 6.45) is 3.85. The van der Waals surface area contributed by atoms with Crippen molar-refractivity contribution in [2.24, 2.45) is 0 Å². The topological polar surface area (TPSA) is 46.9 Å². The Bertz CT molecular complexity index is 763. The molecular weight excluding hydrogens is 306 g/mol. The number of thiophene rings is 1. The molecular formula is C18H19N3OS. The molecule has 5 heteroatoms. The predicted molar refractivity (Wildman–Crippen MR) is 94.1 cm³/mol. The van der Waals surface area contributed by atoms with Gasteiger partial charge < -0.3 is 5.32 Å². The van der Waals surface area contributed by atoms with Gasteiger partial charge in [0, 0.05) is 12.7 Å². The van der Waals surface area contributed by atoms with Crippen molar-refractivity contribution in [1.82, 2.24) is 15.1 Å². The number of amides is 1. The van der Waals surface area contributed by atoms with Crippen LogP contribution in [0.4, 0.5) is 0 Å². The van der Waals surface area contributed by atoms with E-state index in [1.807, 2.05) is 54.0 Å². The fraction of sp³-hybridized carbons (Fsp3) is 0.222. The summed E-state index contributed by atoms with van der Waals surface area (Å²) in [6.45, 7) is 2.80. The molecule has 0 aliphatic carbocycles. The Morgan fingerprint density at radius 2 is 2.04 bits per heavy atom. The van der Waals surface area contributed by atoms with Gasteiger partial charge in [0.25, 0.3) is 5.91 Å². The maximum Gasteiger partial charge on any atom is 0.255 e. The van der Waals surface area contributed by atoms with Crippen molar-refractivity contribution in [3.05, 3.63) is 59.6 Å². The summed E-state index contributed by atoms with van der Waals surface area (Å²) in [7, 11) is 0. The molecule has 23 heavy (non-hydrogen) atoms. The first kappa shape index (κ1) is 15.5. The number of para-hydroxylation sites is 1. The molecule has 0 aliphatic rings. The van der Waals surface area contributed by atoms with Crippen LogP contribution in [-0.4, -0.2) is 22.2 Å². The number of benzene rings is 1. The van der Waals surface area contributed by atoms with Crippen molar-refractivity contribution < 1.29 is 4.79 Å². The highest BCUT2D eigenvalue weighted by Crippen LogP contribution is 2.27. The normalized spacial score (nSPS) is 10.7. The lowest BCUT2D eigenvalue weighted by atomic mass is 10.2. The lowest BCUT2D eigenvalue weighted by Crippen LogP contribution is -2.24. The molecule has 0 bridgehead atoms. The van der Waals surface area contributed by atoms with Crippen LogP contribution in [0.2, 0.25) is 0 Å². The second-order valence-corrected chi connectivity index (χ2v) is 6.21.